The number of pyridine rings is 1. The summed E-state index contributed by atoms with van der Waals surface area (Å²) in [6, 6.07) is 2.47. The van der Waals surface area contributed by atoms with Crippen LogP contribution >= 0.6 is 0 Å². The first-order valence-electron chi connectivity index (χ1n) is 6.16. The Balaban J connectivity index is 2.12. The van der Waals surface area contributed by atoms with Crippen LogP contribution in [0.2, 0.25) is 0 Å². The number of nitrogens with one attached hydrogen (secondary N) is 2. The third-order valence-corrected chi connectivity index (χ3v) is 4.71. The molecule has 106 valence electrons. The molecule has 2 rings (SSSR count). The maximum absolute atomic E-state index is 12.1. The van der Waals surface area contributed by atoms with Crippen molar-refractivity contribution in [1.82, 2.24) is 9.71 Å². The maximum atomic E-state index is 12.1. The number of aromatic nitrogens is 1. The second-order valence-corrected chi connectivity index (χ2v) is 6.32. The molecule has 1 fully saturated rings. The quantitative estimate of drug-likeness (QED) is 0.455. The van der Waals surface area contributed by atoms with Gasteiger partial charge in [-0.3, -0.25) is 0 Å². The van der Waals surface area contributed by atoms with Crippen molar-refractivity contribution in [2.75, 3.05) is 5.43 Å². The molecule has 0 saturated heterocycles. The summed E-state index contributed by atoms with van der Waals surface area (Å²) in [7, 11) is -3.66. The molecule has 2 atom stereocenters. The third-order valence-electron chi connectivity index (χ3n) is 3.23. The predicted molar refractivity (Wildman–Crippen MR) is 70.6 cm³/mol. The Hall–Kier alpha value is -1.22. The molecule has 0 amide bonds. The lowest BCUT2D eigenvalue weighted by atomic mass is 9.93. The molecule has 8 heteroatoms. The number of nitrogens with two attached hydrogens (primary N) is 1. The Kier molecular flexibility index (Phi) is 4.35. The van der Waals surface area contributed by atoms with Crippen molar-refractivity contribution in [3.8, 4) is 0 Å². The number of hydrazine groups is 1. The number of nitrogens with zero attached hydrogens (tertiary/aromatic N) is 1. The molecular weight excluding hydrogens is 268 g/mol. The molecule has 1 aromatic heterocycles. The van der Waals surface area contributed by atoms with E-state index in [1.54, 1.807) is 0 Å². The second-order valence-electron chi connectivity index (χ2n) is 4.60. The van der Waals surface area contributed by atoms with Crippen LogP contribution in [0, 0.1) is 0 Å². The predicted octanol–water partition coefficient (Wildman–Crippen LogP) is -0.0510. The monoisotopic (exact) mass is 286 g/mol. The van der Waals surface area contributed by atoms with Crippen LogP contribution in [-0.2, 0) is 10.0 Å². The van der Waals surface area contributed by atoms with Crippen LogP contribution in [0.1, 0.15) is 25.7 Å². The Morgan fingerprint density at radius 1 is 1.32 bits per heavy atom. The molecule has 1 aliphatic rings. The topological polar surface area (TPSA) is 117 Å². The fourth-order valence-electron chi connectivity index (χ4n) is 2.14. The highest BCUT2D eigenvalue weighted by atomic mass is 32.2. The number of hydrogen-bond acceptors (Lipinski definition) is 6. The first-order chi connectivity index (χ1) is 9.03. The molecule has 1 aliphatic carbocycles. The molecule has 0 bridgehead atoms. The van der Waals surface area contributed by atoms with Crippen molar-refractivity contribution in [3.63, 3.8) is 0 Å². The van der Waals surface area contributed by atoms with Crippen molar-refractivity contribution in [1.29, 1.82) is 0 Å². The first-order valence-corrected chi connectivity index (χ1v) is 7.64. The van der Waals surface area contributed by atoms with Gasteiger partial charge in [0.05, 0.1) is 6.10 Å². The van der Waals surface area contributed by atoms with E-state index in [1.807, 2.05) is 0 Å². The molecule has 0 spiro atoms. The van der Waals surface area contributed by atoms with Crippen molar-refractivity contribution >= 4 is 15.8 Å². The van der Waals surface area contributed by atoms with Gasteiger partial charge in [-0.25, -0.2) is 24.0 Å². The van der Waals surface area contributed by atoms with Crippen LogP contribution in [0.15, 0.2) is 23.2 Å². The Morgan fingerprint density at radius 2 is 2.05 bits per heavy atom. The van der Waals surface area contributed by atoms with E-state index < -0.39 is 22.2 Å². The van der Waals surface area contributed by atoms with Crippen molar-refractivity contribution in [3.05, 3.63) is 18.3 Å². The van der Waals surface area contributed by atoms with Gasteiger partial charge in [-0.05, 0) is 25.0 Å². The maximum Gasteiger partial charge on any atom is 0.242 e. The lowest BCUT2D eigenvalue weighted by Crippen LogP contribution is -2.44. The van der Waals surface area contributed by atoms with E-state index in [0.717, 1.165) is 12.8 Å². The van der Waals surface area contributed by atoms with Gasteiger partial charge >= 0.3 is 0 Å². The zero-order chi connectivity index (χ0) is 13.9. The molecule has 1 saturated carbocycles. The molecule has 2 unspecified atom stereocenters. The van der Waals surface area contributed by atoms with Crippen LogP contribution in [0.25, 0.3) is 0 Å². The second kappa shape index (κ2) is 5.83. The van der Waals surface area contributed by atoms with E-state index >= 15 is 0 Å². The summed E-state index contributed by atoms with van der Waals surface area (Å²) in [5, 5.41) is 9.79. The van der Waals surface area contributed by atoms with Gasteiger partial charge in [0.25, 0.3) is 0 Å². The number of sulfonamides is 1. The molecule has 5 N–H and O–H groups in total. The van der Waals surface area contributed by atoms with Crippen LogP contribution in [0.5, 0.6) is 0 Å². The van der Waals surface area contributed by atoms with E-state index in [2.05, 4.69) is 15.1 Å². The highest BCUT2D eigenvalue weighted by Gasteiger charge is 2.28. The van der Waals surface area contributed by atoms with Crippen LogP contribution < -0.4 is 16.0 Å². The minimum Gasteiger partial charge on any atom is -0.391 e. The van der Waals surface area contributed by atoms with Gasteiger partial charge in [0.15, 0.2) is 0 Å². The zero-order valence-electron chi connectivity index (χ0n) is 10.4. The van der Waals surface area contributed by atoms with E-state index in [0.29, 0.717) is 18.7 Å². The summed E-state index contributed by atoms with van der Waals surface area (Å²) >= 11 is 0. The minimum atomic E-state index is -3.66. The number of hydrogen-bond donors (Lipinski definition) is 4. The van der Waals surface area contributed by atoms with Gasteiger partial charge in [0.1, 0.15) is 10.7 Å². The van der Waals surface area contributed by atoms with Crippen molar-refractivity contribution in [2.24, 2.45) is 5.84 Å². The molecule has 0 aliphatic heterocycles. The molecule has 19 heavy (non-hydrogen) atoms. The number of nitrogen functional groups attached to an aromatic ring is 1. The van der Waals surface area contributed by atoms with E-state index in [4.69, 9.17) is 5.84 Å². The summed E-state index contributed by atoms with van der Waals surface area (Å²) in [6.07, 6.45) is 3.72. The molecular formula is C11H18N4O3S. The summed E-state index contributed by atoms with van der Waals surface area (Å²) < 4.78 is 26.8. The van der Waals surface area contributed by atoms with Crippen molar-refractivity contribution in [2.45, 2.75) is 42.7 Å². The lowest BCUT2D eigenvalue weighted by Gasteiger charge is -2.28. The van der Waals surface area contributed by atoms with Crippen LogP contribution in [-0.4, -0.2) is 30.7 Å². The number of aliphatic hydroxyl groups excluding tert-OH is 1. The average Bonchev–Trinajstić information content (AvgIpc) is 2.41. The van der Waals surface area contributed by atoms with Crippen LogP contribution in [0.3, 0.4) is 0 Å². The standard InChI is InChI=1S/C11H18N4O3S/c12-14-11-6-5-8(7-13-11)19(17,18)15-9-3-1-2-4-10(9)16/h5-7,9-10,15-16H,1-4,12H2,(H,13,14). The van der Waals surface area contributed by atoms with E-state index in [9.17, 15) is 13.5 Å². The molecule has 7 nitrogen and oxygen atoms in total. The zero-order valence-corrected chi connectivity index (χ0v) is 11.2. The van der Waals surface area contributed by atoms with Gasteiger partial charge in [-0.15, -0.1) is 0 Å². The summed E-state index contributed by atoms with van der Waals surface area (Å²) in [4.78, 5) is 3.92. The van der Waals surface area contributed by atoms with Gasteiger partial charge in [-0.1, -0.05) is 12.8 Å². The van der Waals surface area contributed by atoms with Crippen LogP contribution in [0.4, 0.5) is 5.82 Å². The number of anilines is 1. The van der Waals surface area contributed by atoms with Crippen molar-refractivity contribution < 1.29 is 13.5 Å². The number of aliphatic hydroxyl groups is 1. The lowest BCUT2D eigenvalue weighted by molar-refractivity contribution is 0.101. The van der Waals surface area contributed by atoms with Gasteiger partial charge in [0.2, 0.25) is 10.0 Å². The third kappa shape index (κ3) is 3.41. The fourth-order valence-corrected chi connectivity index (χ4v) is 3.39. The highest BCUT2D eigenvalue weighted by molar-refractivity contribution is 7.89. The van der Waals surface area contributed by atoms with Gasteiger partial charge < -0.3 is 10.5 Å². The minimum absolute atomic E-state index is 0.0595. The smallest absolute Gasteiger partial charge is 0.242 e. The molecule has 1 heterocycles. The normalized spacial score (nSPS) is 24.1. The Labute approximate surface area is 112 Å². The number of rotatable bonds is 4. The largest absolute Gasteiger partial charge is 0.391 e. The summed E-state index contributed by atoms with van der Waals surface area (Å²) in [6.45, 7) is 0. The first kappa shape index (κ1) is 14.2. The Morgan fingerprint density at radius 3 is 2.63 bits per heavy atom. The Bertz CT molecular complexity index is 517. The molecule has 0 radical (unpaired) electrons. The van der Waals surface area contributed by atoms with Gasteiger partial charge in [0, 0.05) is 12.2 Å². The average molecular weight is 286 g/mol. The molecule has 0 aromatic carbocycles. The summed E-state index contributed by atoms with van der Waals surface area (Å²) in [5.41, 5.74) is 2.33. The van der Waals surface area contributed by atoms with Gasteiger partial charge in [-0.2, -0.15) is 0 Å². The molecule has 1 aromatic rings. The summed E-state index contributed by atoms with van der Waals surface area (Å²) in [5.74, 6) is 5.55. The van der Waals surface area contributed by atoms with E-state index in [1.165, 1.54) is 18.3 Å². The highest BCUT2D eigenvalue weighted by Crippen LogP contribution is 2.20. The van der Waals surface area contributed by atoms with E-state index in [-0.39, 0.29) is 4.90 Å². The SMILES string of the molecule is NNc1ccc(S(=O)(=O)NC2CCCCC2O)cn1. The fraction of sp³-hybridized carbons (Fsp3) is 0.545.